The Bertz CT molecular complexity index is 1060. The molecule has 1 heterocycles. The van der Waals surface area contributed by atoms with E-state index in [1.54, 1.807) is 23.9 Å². The maximum Gasteiger partial charge on any atom is 0.234 e. The van der Waals surface area contributed by atoms with Gasteiger partial charge in [0.05, 0.1) is 11.5 Å². The highest BCUT2D eigenvalue weighted by molar-refractivity contribution is 14.1. The number of halogens is 2. The Morgan fingerprint density at radius 2 is 1.91 bits per heavy atom. The van der Waals surface area contributed by atoms with Gasteiger partial charge in [-0.05, 0) is 76.9 Å². The van der Waals surface area contributed by atoms with Crippen LogP contribution in [-0.4, -0.2) is 26.4 Å². The van der Waals surface area contributed by atoms with Gasteiger partial charge < -0.3 is 9.88 Å². The van der Waals surface area contributed by atoms with Crippen LogP contribution in [0.2, 0.25) is 0 Å². The first-order valence-electron chi connectivity index (χ1n) is 10.3. The molecule has 1 amide bonds. The molecule has 0 fully saturated rings. The summed E-state index contributed by atoms with van der Waals surface area (Å²) in [5.41, 5.74) is 3.06. The summed E-state index contributed by atoms with van der Waals surface area (Å²) in [5.74, 6) is 2.66. The average molecular weight is 585 g/mol. The summed E-state index contributed by atoms with van der Waals surface area (Å²) in [6.07, 6.45) is 0. The molecule has 0 aliphatic rings. The van der Waals surface area contributed by atoms with Gasteiger partial charge in [-0.15, -0.1) is 22.0 Å². The minimum absolute atomic E-state index is 0.0593. The van der Waals surface area contributed by atoms with Crippen LogP contribution in [-0.2, 0) is 22.8 Å². The highest BCUT2D eigenvalue weighted by Crippen LogP contribution is 2.27. The number of aromatic nitrogens is 3. The largest absolute Gasteiger partial charge is 0.325 e. The second-order valence-electron chi connectivity index (χ2n) is 7.49. The molecule has 0 radical (unpaired) electrons. The fraction of sp³-hybridized carbons (Fsp3) is 0.348. The van der Waals surface area contributed by atoms with Gasteiger partial charge in [-0.3, -0.25) is 4.79 Å². The molecule has 1 aromatic heterocycles. The van der Waals surface area contributed by atoms with Gasteiger partial charge in [0.2, 0.25) is 5.91 Å². The van der Waals surface area contributed by atoms with E-state index in [0.717, 1.165) is 43.7 Å². The summed E-state index contributed by atoms with van der Waals surface area (Å²) >= 11 is 5.38. The molecule has 32 heavy (non-hydrogen) atoms. The number of hydrogen-bond donors (Lipinski definition) is 1. The molecule has 0 spiro atoms. The number of thioether (sulfide) groups is 2. The van der Waals surface area contributed by atoms with Crippen molar-refractivity contribution in [3.63, 3.8) is 0 Å². The van der Waals surface area contributed by atoms with Crippen molar-refractivity contribution in [3.8, 4) is 0 Å². The number of nitrogens with one attached hydrogen (secondary N) is 1. The van der Waals surface area contributed by atoms with Crippen molar-refractivity contribution in [1.82, 2.24) is 14.8 Å². The van der Waals surface area contributed by atoms with Crippen LogP contribution in [0.1, 0.15) is 43.6 Å². The standard InChI is InChI=1S/C23H26FIN4OS2/c1-4-29-21(13-31-12-16-5-7-17(24)8-6-16)27-28-23(29)32-14-22(30)26-20-10-9-18(25)11-19(20)15(2)3/h5-11,15H,4,12-14H2,1-3H3,(H,26,30). The lowest BCUT2D eigenvalue weighted by molar-refractivity contribution is -0.113. The van der Waals surface area contributed by atoms with Crippen LogP contribution in [0.15, 0.2) is 47.6 Å². The maximum absolute atomic E-state index is 13.0. The topological polar surface area (TPSA) is 59.8 Å². The van der Waals surface area contributed by atoms with Gasteiger partial charge in [-0.1, -0.05) is 37.7 Å². The van der Waals surface area contributed by atoms with Crippen LogP contribution in [0.25, 0.3) is 0 Å². The predicted octanol–water partition coefficient (Wildman–Crippen LogP) is 6.33. The molecule has 170 valence electrons. The van der Waals surface area contributed by atoms with Gasteiger partial charge >= 0.3 is 0 Å². The smallest absolute Gasteiger partial charge is 0.234 e. The molecule has 1 N–H and O–H groups in total. The monoisotopic (exact) mass is 584 g/mol. The Morgan fingerprint density at radius 3 is 2.59 bits per heavy atom. The van der Waals surface area contributed by atoms with E-state index in [4.69, 9.17) is 0 Å². The molecular weight excluding hydrogens is 558 g/mol. The van der Waals surface area contributed by atoms with Crippen LogP contribution in [0.5, 0.6) is 0 Å². The number of anilines is 1. The Labute approximate surface area is 210 Å². The van der Waals surface area contributed by atoms with Crippen LogP contribution in [0, 0.1) is 9.39 Å². The summed E-state index contributed by atoms with van der Waals surface area (Å²) in [7, 11) is 0. The molecule has 9 heteroatoms. The zero-order valence-electron chi connectivity index (χ0n) is 18.3. The number of amides is 1. The minimum atomic E-state index is -0.224. The van der Waals surface area contributed by atoms with Crippen molar-refractivity contribution in [2.24, 2.45) is 0 Å². The van der Waals surface area contributed by atoms with Gasteiger partial charge in [0.25, 0.3) is 0 Å². The van der Waals surface area contributed by atoms with E-state index in [-0.39, 0.29) is 17.5 Å². The molecule has 3 aromatic rings. The van der Waals surface area contributed by atoms with Gasteiger partial charge in [0.1, 0.15) is 11.6 Å². The molecule has 0 saturated carbocycles. The van der Waals surface area contributed by atoms with Crippen LogP contribution in [0.3, 0.4) is 0 Å². The predicted molar refractivity (Wildman–Crippen MR) is 140 cm³/mol. The average Bonchev–Trinajstić information content (AvgIpc) is 3.16. The normalized spacial score (nSPS) is 11.2. The second kappa shape index (κ2) is 12.0. The zero-order valence-corrected chi connectivity index (χ0v) is 22.1. The SMILES string of the molecule is CCn1c(CSCc2ccc(F)cc2)nnc1SCC(=O)Nc1ccc(I)cc1C(C)C. The number of carbonyl (C=O) groups excluding carboxylic acids is 1. The molecule has 0 unspecified atom stereocenters. The Balaban J connectivity index is 1.55. The third kappa shape index (κ3) is 6.95. The van der Waals surface area contributed by atoms with Gasteiger partial charge in [-0.2, -0.15) is 0 Å². The van der Waals surface area contributed by atoms with E-state index in [9.17, 15) is 9.18 Å². The highest BCUT2D eigenvalue weighted by atomic mass is 127. The third-order valence-electron chi connectivity index (χ3n) is 4.76. The highest BCUT2D eigenvalue weighted by Gasteiger charge is 2.15. The van der Waals surface area contributed by atoms with Crippen molar-refractivity contribution in [1.29, 1.82) is 0 Å². The van der Waals surface area contributed by atoms with Crippen molar-refractivity contribution < 1.29 is 9.18 Å². The maximum atomic E-state index is 13.0. The number of hydrogen-bond acceptors (Lipinski definition) is 5. The van der Waals surface area contributed by atoms with E-state index >= 15 is 0 Å². The molecule has 0 aliphatic heterocycles. The molecule has 2 aromatic carbocycles. The summed E-state index contributed by atoms with van der Waals surface area (Å²) in [4.78, 5) is 12.6. The summed E-state index contributed by atoms with van der Waals surface area (Å²) in [5, 5.41) is 12.4. The number of nitrogens with zero attached hydrogens (tertiary/aromatic N) is 3. The number of benzene rings is 2. The summed E-state index contributed by atoms with van der Waals surface area (Å²) < 4.78 is 16.2. The first-order valence-corrected chi connectivity index (χ1v) is 13.6. The van der Waals surface area contributed by atoms with E-state index in [0.29, 0.717) is 11.7 Å². The van der Waals surface area contributed by atoms with Gasteiger partial charge in [-0.25, -0.2) is 4.39 Å². The summed E-state index contributed by atoms with van der Waals surface area (Å²) in [6, 6.07) is 12.6. The Kier molecular flexibility index (Phi) is 9.42. The van der Waals surface area contributed by atoms with Crippen molar-refractivity contribution >= 4 is 57.7 Å². The number of rotatable bonds is 10. The van der Waals surface area contributed by atoms with E-state index in [1.807, 2.05) is 23.6 Å². The minimum Gasteiger partial charge on any atom is -0.325 e. The van der Waals surface area contributed by atoms with E-state index < -0.39 is 0 Å². The second-order valence-corrected chi connectivity index (χ2v) is 10.7. The fourth-order valence-electron chi connectivity index (χ4n) is 3.13. The fourth-order valence-corrected chi connectivity index (χ4v) is 5.40. The van der Waals surface area contributed by atoms with Crippen LogP contribution < -0.4 is 5.32 Å². The lowest BCUT2D eigenvalue weighted by atomic mass is 10.0. The van der Waals surface area contributed by atoms with E-state index in [1.165, 1.54) is 23.9 Å². The molecule has 3 rings (SSSR count). The first kappa shape index (κ1) is 25.0. The van der Waals surface area contributed by atoms with Crippen molar-refractivity contribution in [2.45, 2.75) is 49.9 Å². The summed E-state index contributed by atoms with van der Waals surface area (Å²) in [6.45, 7) is 7.02. The third-order valence-corrected chi connectivity index (χ3v) is 7.40. The van der Waals surface area contributed by atoms with E-state index in [2.05, 4.69) is 58.0 Å². The first-order chi connectivity index (χ1) is 15.4. The quantitative estimate of drug-likeness (QED) is 0.223. The molecule has 0 atom stereocenters. The number of carbonyl (C=O) groups is 1. The lowest BCUT2D eigenvalue weighted by Gasteiger charge is -2.14. The molecule has 0 saturated heterocycles. The van der Waals surface area contributed by atoms with Crippen LogP contribution in [0.4, 0.5) is 10.1 Å². The molecule has 5 nitrogen and oxygen atoms in total. The van der Waals surface area contributed by atoms with Crippen LogP contribution >= 0.6 is 46.1 Å². The molecule has 0 bridgehead atoms. The van der Waals surface area contributed by atoms with Crippen molar-refractivity contribution in [3.05, 3.63) is 68.8 Å². The lowest BCUT2D eigenvalue weighted by Crippen LogP contribution is -2.16. The molecule has 0 aliphatic carbocycles. The van der Waals surface area contributed by atoms with Gasteiger partial charge in [0.15, 0.2) is 5.16 Å². The van der Waals surface area contributed by atoms with Crippen molar-refractivity contribution in [2.75, 3.05) is 11.1 Å². The zero-order chi connectivity index (χ0) is 23.1. The Morgan fingerprint density at radius 1 is 1.16 bits per heavy atom. The van der Waals surface area contributed by atoms with Gasteiger partial charge in [0, 0.05) is 21.6 Å². The molecular formula is C23H26FIN4OS2. The Hall–Kier alpha value is -1.59.